The van der Waals surface area contributed by atoms with E-state index < -0.39 is 5.91 Å². The number of hydrogen-bond donors (Lipinski definition) is 1. The minimum Gasteiger partial charge on any atom is -0.368 e. The number of carbonyl (C=O) groups excluding carboxylic acids is 1. The lowest BCUT2D eigenvalue weighted by atomic mass is 10.2. The minimum atomic E-state index is -0.479. The van der Waals surface area contributed by atoms with Gasteiger partial charge in [0.2, 0.25) is 5.91 Å². The van der Waals surface area contributed by atoms with Crippen LogP contribution in [0.1, 0.15) is 5.56 Å². The summed E-state index contributed by atoms with van der Waals surface area (Å²) in [5.74, 6) is -0.218. The van der Waals surface area contributed by atoms with E-state index in [4.69, 9.17) is 5.73 Å². The summed E-state index contributed by atoms with van der Waals surface area (Å²) in [5.41, 5.74) is 6.85. The van der Waals surface area contributed by atoms with Crippen molar-refractivity contribution in [2.24, 2.45) is 5.73 Å². The van der Waals surface area contributed by atoms with Gasteiger partial charge in [0.15, 0.2) is 5.43 Å². The molecule has 4 nitrogen and oxygen atoms in total. The largest absolute Gasteiger partial charge is 0.368 e. The number of aromatic nitrogens is 1. The second-order valence-electron chi connectivity index (χ2n) is 5.33. The molecule has 0 spiro atoms. The molecule has 24 heavy (non-hydrogen) atoms. The summed E-state index contributed by atoms with van der Waals surface area (Å²) in [6.45, 7) is -0.00740. The van der Waals surface area contributed by atoms with Gasteiger partial charge in [-0.25, -0.2) is 4.39 Å². The van der Waals surface area contributed by atoms with Crippen LogP contribution in [0, 0.1) is 5.82 Å². The summed E-state index contributed by atoms with van der Waals surface area (Å²) in [7, 11) is 0. The molecule has 0 aliphatic carbocycles. The van der Waals surface area contributed by atoms with Gasteiger partial charge in [-0.2, -0.15) is 0 Å². The van der Waals surface area contributed by atoms with Crippen LogP contribution in [0.4, 0.5) is 4.39 Å². The highest BCUT2D eigenvalue weighted by molar-refractivity contribution is 7.98. The molecule has 0 radical (unpaired) electrons. The van der Waals surface area contributed by atoms with Crippen LogP contribution in [0.2, 0.25) is 0 Å². The van der Waals surface area contributed by atoms with Gasteiger partial charge in [0.25, 0.3) is 0 Å². The number of thioether (sulfide) groups is 1. The van der Waals surface area contributed by atoms with Gasteiger partial charge in [-0.1, -0.05) is 24.3 Å². The molecule has 1 amide bonds. The van der Waals surface area contributed by atoms with Crippen LogP contribution >= 0.6 is 11.8 Å². The Morgan fingerprint density at radius 3 is 2.54 bits per heavy atom. The molecule has 0 bridgehead atoms. The molecule has 0 saturated heterocycles. The van der Waals surface area contributed by atoms with Crippen molar-refractivity contribution in [1.82, 2.24) is 4.57 Å². The van der Waals surface area contributed by atoms with E-state index in [2.05, 4.69) is 0 Å². The van der Waals surface area contributed by atoms with Gasteiger partial charge in [-0.05, 0) is 29.8 Å². The summed E-state index contributed by atoms with van der Waals surface area (Å²) < 4.78 is 14.7. The number of halogens is 1. The van der Waals surface area contributed by atoms with Crippen LogP contribution in [0.5, 0.6) is 0 Å². The van der Waals surface area contributed by atoms with Crippen molar-refractivity contribution in [3.8, 4) is 0 Å². The average molecular weight is 342 g/mol. The Kier molecular flexibility index (Phi) is 4.66. The fourth-order valence-corrected chi connectivity index (χ4v) is 3.50. The van der Waals surface area contributed by atoms with Crippen LogP contribution in [-0.4, -0.2) is 10.5 Å². The number of para-hydroxylation sites is 1. The molecule has 3 aromatic rings. The number of fused-ring (bicyclic) bond motifs is 1. The van der Waals surface area contributed by atoms with Gasteiger partial charge in [-0.3, -0.25) is 9.59 Å². The van der Waals surface area contributed by atoms with Crippen LogP contribution in [-0.2, 0) is 17.1 Å². The molecule has 2 aromatic carbocycles. The van der Waals surface area contributed by atoms with Crippen molar-refractivity contribution >= 4 is 28.6 Å². The van der Waals surface area contributed by atoms with Gasteiger partial charge in [0, 0.05) is 17.2 Å². The normalized spacial score (nSPS) is 10.9. The summed E-state index contributed by atoms with van der Waals surface area (Å²) in [5, 5.41) is 1.20. The zero-order chi connectivity index (χ0) is 17.1. The van der Waals surface area contributed by atoms with E-state index in [-0.39, 0.29) is 17.8 Å². The fourth-order valence-electron chi connectivity index (χ4n) is 2.48. The van der Waals surface area contributed by atoms with E-state index in [1.807, 2.05) is 6.07 Å². The molecule has 0 atom stereocenters. The third-order valence-corrected chi connectivity index (χ3v) is 4.71. The Labute approximate surface area is 142 Å². The van der Waals surface area contributed by atoms with Crippen LogP contribution in [0.25, 0.3) is 10.9 Å². The van der Waals surface area contributed by atoms with E-state index in [9.17, 15) is 14.0 Å². The Morgan fingerprint density at radius 1 is 1.12 bits per heavy atom. The molecule has 0 unspecified atom stereocenters. The number of amides is 1. The van der Waals surface area contributed by atoms with Gasteiger partial charge < -0.3 is 10.3 Å². The number of benzene rings is 2. The lowest BCUT2D eigenvalue weighted by molar-refractivity contribution is -0.118. The Morgan fingerprint density at radius 2 is 1.83 bits per heavy atom. The molecule has 0 fully saturated rings. The van der Waals surface area contributed by atoms with Crippen molar-refractivity contribution < 1.29 is 9.18 Å². The molecule has 0 aliphatic rings. The third kappa shape index (κ3) is 3.49. The molecule has 0 aliphatic heterocycles. The van der Waals surface area contributed by atoms with Crippen molar-refractivity contribution in [3.05, 3.63) is 76.2 Å². The second-order valence-corrected chi connectivity index (χ2v) is 6.33. The maximum Gasteiger partial charge on any atom is 0.237 e. The highest BCUT2D eigenvalue weighted by Gasteiger charge is 2.11. The molecular formula is C18H15FN2O2S. The lowest BCUT2D eigenvalue weighted by Gasteiger charge is -2.15. The zero-order valence-electron chi connectivity index (χ0n) is 12.7. The molecule has 0 saturated carbocycles. The standard InChI is InChI=1S/C18H15FN2O2S/c19-13-7-5-12(6-8-13)11-24-18-9-16(22)14-3-1-2-4-15(14)21(18)10-17(20)23/h1-9H,10-11H2,(H2,20,23). The van der Waals surface area contributed by atoms with E-state index >= 15 is 0 Å². The van der Waals surface area contributed by atoms with Gasteiger partial charge in [0.05, 0.1) is 10.5 Å². The van der Waals surface area contributed by atoms with Gasteiger partial charge in [0.1, 0.15) is 12.4 Å². The Balaban J connectivity index is 2.00. The predicted octanol–water partition coefficient (Wildman–Crippen LogP) is 2.92. The maximum absolute atomic E-state index is 13.0. The lowest BCUT2D eigenvalue weighted by Crippen LogP contribution is -2.22. The minimum absolute atomic E-state index is 0.00740. The zero-order valence-corrected chi connectivity index (χ0v) is 13.6. The van der Waals surface area contributed by atoms with Crippen LogP contribution < -0.4 is 11.2 Å². The first-order valence-electron chi connectivity index (χ1n) is 7.33. The van der Waals surface area contributed by atoms with E-state index in [0.29, 0.717) is 21.7 Å². The first-order chi connectivity index (χ1) is 11.5. The topological polar surface area (TPSA) is 65.1 Å². The summed E-state index contributed by atoms with van der Waals surface area (Å²) in [4.78, 5) is 23.7. The third-order valence-electron chi connectivity index (χ3n) is 3.59. The number of carbonyl (C=O) groups is 1. The number of rotatable bonds is 5. The maximum atomic E-state index is 13.0. The monoisotopic (exact) mass is 342 g/mol. The van der Waals surface area contributed by atoms with Crippen molar-refractivity contribution in [2.45, 2.75) is 17.3 Å². The SMILES string of the molecule is NC(=O)Cn1c(SCc2ccc(F)cc2)cc(=O)c2ccccc21. The predicted molar refractivity (Wildman–Crippen MR) is 93.4 cm³/mol. The van der Waals surface area contributed by atoms with Crippen molar-refractivity contribution in [3.63, 3.8) is 0 Å². The highest BCUT2D eigenvalue weighted by Crippen LogP contribution is 2.25. The fraction of sp³-hybridized carbons (Fsp3) is 0.111. The van der Waals surface area contributed by atoms with Crippen LogP contribution in [0.3, 0.4) is 0 Å². The molecule has 6 heteroatoms. The number of nitrogens with two attached hydrogens (primary N) is 1. The van der Waals surface area contributed by atoms with E-state index in [1.165, 1.54) is 30.0 Å². The quantitative estimate of drug-likeness (QED) is 0.725. The second kappa shape index (κ2) is 6.88. The number of primary amides is 1. The van der Waals surface area contributed by atoms with Gasteiger partial charge >= 0.3 is 0 Å². The van der Waals surface area contributed by atoms with Crippen molar-refractivity contribution in [2.75, 3.05) is 0 Å². The van der Waals surface area contributed by atoms with E-state index in [1.54, 1.807) is 34.9 Å². The molecular weight excluding hydrogens is 327 g/mol. The first kappa shape index (κ1) is 16.3. The molecule has 1 aromatic heterocycles. The van der Waals surface area contributed by atoms with Crippen molar-refractivity contribution in [1.29, 1.82) is 0 Å². The molecule has 3 rings (SSSR count). The first-order valence-corrected chi connectivity index (χ1v) is 8.31. The number of hydrogen-bond acceptors (Lipinski definition) is 3. The molecule has 2 N–H and O–H groups in total. The smallest absolute Gasteiger partial charge is 0.237 e. The van der Waals surface area contributed by atoms with E-state index in [0.717, 1.165) is 5.56 Å². The summed E-state index contributed by atoms with van der Waals surface area (Å²) in [6, 6.07) is 14.8. The summed E-state index contributed by atoms with van der Waals surface area (Å²) >= 11 is 1.41. The molecule has 1 heterocycles. The summed E-state index contributed by atoms with van der Waals surface area (Å²) in [6.07, 6.45) is 0. The van der Waals surface area contributed by atoms with Gasteiger partial charge in [-0.15, -0.1) is 11.8 Å². The average Bonchev–Trinajstić information content (AvgIpc) is 2.57. The Bertz CT molecular complexity index is 951. The number of pyridine rings is 1. The highest BCUT2D eigenvalue weighted by atomic mass is 32.2. The molecule has 122 valence electrons. The number of nitrogens with zero attached hydrogens (tertiary/aromatic N) is 1. The Hall–Kier alpha value is -2.60. The van der Waals surface area contributed by atoms with Crippen LogP contribution in [0.15, 0.2) is 64.4 Å².